The lowest BCUT2D eigenvalue weighted by molar-refractivity contribution is -0.132. The Morgan fingerprint density at radius 1 is 1.17 bits per heavy atom. The molecule has 1 aliphatic rings. The Morgan fingerprint density at radius 2 is 1.79 bits per heavy atom. The van der Waals surface area contributed by atoms with Crippen molar-refractivity contribution in [3.8, 4) is 0 Å². The molecule has 0 aromatic rings. The van der Waals surface area contributed by atoms with E-state index in [4.69, 9.17) is 9.47 Å². The summed E-state index contributed by atoms with van der Waals surface area (Å²) in [5, 5.41) is 9.06. The fourth-order valence-electron chi connectivity index (χ4n) is 2.90. The number of rotatable bonds is 9. The van der Waals surface area contributed by atoms with Crippen LogP contribution in [0.1, 0.15) is 26.7 Å². The predicted octanol–water partition coefficient (Wildman–Crippen LogP) is 0.328. The first kappa shape index (κ1) is 23.1. The van der Waals surface area contributed by atoms with E-state index in [-0.39, 0.29) is 42.2 Å². The van der Waals surface area contributed by atoms with Crippen molar-refractivity contribution in [1.29, 1.82) is 0 Å². The third-order valence-corrected chi connectivity index (χ3v) is 4.29. The fraction of sp³-hybridized carbons (Fsp3) is 0.875. The largest absolute Gasteiger partial charge is 0.384 e. The van der Waals surface area contributed by atoms with E-state index >= 15 is 0 Å². The molecule has 0 aliphatic carbocycles. The summed E-state index contributed by atoms with van der Waals surface area (Å²) >= 11 is 0. The highest BCUT2D eigenvalue weighted by Gasteiger charge is 2.34. The van der Waals surface area contributed by atoms with Crippen molar-refractivity contribution in [2.45, 2.75) is 32.7 Å². The van der Waals surface area contributed by atoms with E-state index in [1.807, 2.05) is 13.8 Å². The highest BCUT2D eigenvalue weighted by molar-refractivity contribution is 5.88. The number of ether oxygens (including phenoxy) is 2. The van der Waals surface area contributed by atoms with Crippen LogP contribution in [-0.2, 0) is 19.1 Å². The minimum Gasteiger partial charge on any atom is -0.384 e. The summed E-state index contributed by atoms with van der Waals surface area (Å²) in [6.07, 6.45) is 1.92. The van der Waals surface area contributed by atoms with Crippen LogP contribution in [0.25, 0.3) is 0 Å². The summed E-state index contributed by atoms with van der Waals surface area (Å²) < 4.78 is 10.2. The van der Waals surface area contributed by atoms with E-state index in [1.165, 1.54) is 7.11 Å². The van der Waals surface area contributed by atoms with Gasteiger partial charge in [-0.15, -0.1) is 12.4 Å². The van der Waals surface area contributed by atoms with E-state index in [0.29, 0.717) is 13.2 Å². The van der Waals surface area contributed by atoms with Crippen LogP contribution in [0.4, 0.5) is 0 Å². The lowest BCUT2D eigenvalue weighted by Crippen LogP contribution is -2.54. The van der Waals surface area contributed by atoms with Gasteiger partial charge >= 0.3 is 0 Å². The van der Waals surface area contributed by atoms with Crippen LogP contribution in [0.5, 0.6) is 0 Å². The number of nitrogens with one attached hydrogen (secondary N) is 3. The van der Waals surface area contributed by atoms with Crippen LogP contribution in [-0.4, -0.2) is 64.9 Å². The summed E-state index contributed by atoms with van der Waals surface area (Å²) in [6.45, 7) is 6.81. The van der Waals surface area contributed by atoms with Gasteiger partial charge in [-0.05, 0) is 31.8 Å². The molecule has 1 heterocycles. The van der Waals surface area contributed by atoms with Crippen LogP contribution < -0.4 is 16.0 Å². The number of carbonyl (C=O) groups excluding carboxylic acids is 2. The molecule has 1 fully saturated rings. The number of amides is 2. The Labute approximate surface area is 151 Å². The Balaban J connectivity index is 0.00000529. The second-order valence-corrected chi connectivity index (χ2v) is 6.62. The highest BCUT2D eigenvalue weighted by Crippen LogP contribution is 2.28. The van der Waals surface area contributed by atoms with Crippen molar-refractivity contribution in [3.05, 3.63) is 0 Å². The zero-order valence-corrected chi connectivity index (χ0v) is 16.0. The van der Waals surface area contributed by atoms with Crippen molar-refractivity contribution < 1.29 is 19.1 Å². The van der Waals surface area contributed by atoms with E-state index < -0.39 is 6.04 Å². The summed E-state index contributed by atoms with van der Waals surface area (Å²) in [5.41, 5.74) is -0.0340. The third kappa shape index (κ3) is 7.34. The molecule has 7 nitrogen and oxygen atoms in total. The molecule has 0 spiro atoms. The van der Waals surface area contributed by atoms with Gasteiger partial charge in [-0.1, -0.05) is 13.8 Å². The Morgan fingerprint density at radius 3 is 2.29 bits per heavy atom. The second-order valence-electron chi connectivity index (χ2n) is 6.62. The number of carbonyl (C=O) groups is 2. The summed E-state index contributed by atoms with van der Waals surface area (Å²) in [7, 11) is 3.14. The summed E-state index contributed by atoms with van der Waals surface area (Å²) in [6, 6.07) is -0.557. The van der Waals surface area contributed by atoms with Gasteiger partial charge in [0.2, 0.25) is 11.8 Å². The van der Waals surface area contributed by atoms with E-state index in [1.54, 1.807) is 7.11 Å². The molecular formula is C16H32ClN3O4. The van der Waals surface area contributed by atoms with Crippen molar-refractivity contribution in [3.63, 3.8) is 0 Å². The molecule has 1 aliphatic heterocycles. The lowest BCUT2D eigenvalue weighted by atomic mass is 9.79. The SMILES string of the molecule is COCC(=O)N[C@H](C(=O)NCC1(COC)CCNCC1)C(C)C.Cl. The molecule has 0 saturated carbocycles. The molecule has 0 bridgehead atoms. The second kappa shape index (κ2) is 11.6. The van der Waals surface area contributed by atoms with Gasteiger partial charge in [0, 0.05) is 26.2 Å². The van der Waals surface area contributed by atoms with Gasteiger partial charge < -0.3 is 25.4 Å². The third-order valence-electron chi connectivity index (χ3n) is 4.29. The summed E-state index contributed by atoms with van der Waals surface area (Å²) in [5.74, 6) is -0.435. The molecule has 0 unspecified atom stereocenters. The van der Waals surface area contributed by atoms with Gasteiger partial charge in [-0.2, -0.15) is 0 Å². The maximum Gasteiger partial charge on any atom is 0.246 e. The van der Waals surface area contributed by atoms with Gasteiger partial charge in [-0.3, -0.25) is 9.59 Å². The fourth-order valence-corrected chi connectivity index (χ4v) is 2.90. The van der Waals surface area contributed by atoms with Gasteiger partial charge in [0.1, 0.15) is 12.6 Å². The van der Waals surface area contributed by atoms with Gasteiger partial charge in [0.15, 0.2) is 0 Å². The van der Waals surface area contributed by atoms with E-state index in [9.17, 15) is 9.59 Å². The minimum atomic E-state index is -0.557. The molecule has 1 atom stereocenters. The average Bonchev–Trinajstić information content (AvgIpc) is 2.51. The monoisotopic (exact) mass is 365 g/mol. The normalized spacial score (nSPS) is 17.7. The van der Waals surface area contributed by atoms with Crippen molar-refractivity contribution in [1.82, 2.24) is 16.0 Å². The molecule has 8 heteroatoms. The first-order valence-electron chi connectivity index (χ1n) is 8.20. The number of piperidine rings is 1. The molecule has 24 heavy (non-hydrogen) atoms. The molecule has 2 amide bonds. The van der Waals surface area contributed by atoms with Crippen molar-refractivity contribution in [2.24, 2.45) is 11.3 Å². The average molecular weight is 366 g/mol. The number of hydrogen-bond acceptors (Lipinski definition) is 5. The molecule has 1 rings (SSSR count). The van der Waals surface area contributed by atoms with Crippen molar-refractivity contribution in [2.75, 3.05) is 47.1 Å². The van der Waals surface area contributed by atoms with Gasteiger partial charge in [0.25, 0.3) is 0 Å². The molecule has 3 N–H and O–H groups in total. The number of halogens is 1. The Kier molecular flexibility index (Phi) is 11.2. The zero-order valence-electron chi connectivity index (χ0n) is 15.1. The summed E-state index contributed by atoms with van der Waals surface area (Å²) in [4.78, 5) is 24.2. The molecule has 0 aromatic heterocycles. The quantitative estimate of drug-likeness (QED) is 0.548. The van der Waals surface area contributed by atoms with Crippen molar-refractivity contribution >= 4 is 24.2 Å². The molecular weight excluding hydrogens is 334 g/mol. The smallest absolute Gasteiger partial charge is 0.246 e. The minimum absolute atomic E-state index is 0. The zero-order chi connectivity index (χ0) is 17.3. The van der Waals surface area contributed by atoms with E-state index in [2.05, 4.69) is 16.0 Å². The first-order valence-corrected chi connectivity index (χ1v) is 8.20. The lowest BCUT2D eigenvalue weighted by Gasteiger charge is -2.37. The Hall–Kier alpha value is -0.890. The van der Waals surface area contributed by atoms with Gasteiger partial charge in [0.05, 0.1) is 6.61 Å². The number of methoxy groups -OCH3 is 2. The Bertz CT molecular complexity index is 382. The van der Waals surface area contributed by atoms with Crippen LogP contribution in [0, 0.1) is 11.3 Å². The van der Waals surface area contributed by atoms with Crippen LogP contribution >= 0.6 is 12.4 Å². The maximum atomic E-state index is 12.5. The molecule has 0 radical (unpaired) electrons. The maximum absolute atomic E-state index is 12.5. The van der Waals surface area contributed by atoms with Crippen LogP contribution in [0.3, 0.4) is 0 Å². The molecule has 1 saturated heterocycles. The van der Waals surface area contributed by atoms with Crippen LogP contribution in [0.2, 0.25) is 0 Å². The highest BCUT2D eigenvalue weighted by atomic mass is 35.5. The van der Waals surface area contributed by atoms with Crippen LogP contribution in [0.15, 0.2) is 0 Å². The topological polar surface area (TPSA) is 88.7 Å². The van der Waals surface area contributed by atoms with E-state index in [0.717, 1.165) is 25.9 Å². The van der Waals surface area contributed by atoms with Gasteiger partial charge in [-0.25, -0.2) is 0 Å². The predicted molar refractivity (Wildman–Crippen MR) is 95.3 cm³/mol. The molecule has 142 valence electrons. The number of hydrogen-bond donors (Lipinski definition) is 3. The standard InChI is InChI=1S/C16H31N3O4.ClH/c1-12(2)14(19-13(20)9-22-3)15(21)18-10-16(11-23-4)5-7-17-8-6-16;/h12,14,17H,5-11H2,1-4H3,(H,18,21)(H,19,20);1H/t14-;/m0./s1. The molecule has 0 aromatic carbocycles. The first-order chi connectivity index (χ1) is 10.9.